The van der Waals surface area contributed by atoms with Crippen molar-refractivity contribution in [2.75, 3.05) is 0 Å². The van der Waals surface area contributed by atoms with E-state index in [4.69, 9.17) is 5.14 Å². The second-order valence-corrected chi connectivity index (χ2v) is 6.47. The van der Waals surface area contributed by atoms with Crippen LogP contribution in [0.3, 0.4) is 0 Å². The van der Waals surface area contributed by atoms with Crippen LogP contribution in [0.15, 0.2) is 4.21 Å². The van der Waals surface area contributed by atoms with Gasteiger partial charge >= 0.3 is 0 Å². The van der Waals surface area contributed by atoms with E-state index >= 15 is 0 Å². The maximum Gasteiger partial charge on any atom is 0.249 e. The van der Waals surface area contributed by atoms with Gasteiger partial charge in [-0.05, 0) is 20.3 Å². The Balaban J connectivity index is 3.37. The number of sulfonamides is 1. The topological polar surface area (TPSA) is 93.3 Å². The minimum absolute atomic E-state index is 0.0436. The summed E-state index contributed by atoms with van der Waals surface area (Å²) in [6.07, 6.45) is 0.471. The first kappa shape index (κ1) is 12.6. The smallest absolute Gasteiger partial charge is 0.249 e. The number of aromatic nitrogens is 1. The number of nitrogens with zero attached hydrogens (tertiary/aromatic N) is 1. The second kappa shape index (κ2) is 3.82. The lowest BCUT2D eigenvalue weighted by atomic mass is 10.1. The number of rotatable bonds is 3. The molecule has 0 spiro atoms. The van der Waals surface area contributed by atoms with E-state index in [-0.39, 0.29) is 4.21 Å². The van der Waals surface area contributed by atoms with Crippen LogP contribution in [0, 0.1) is 0 Å². The number of thiazole rings is 1. The third-order valence-electron chi connectivity index (χ3n) is 1.78. The van der Waals surface area contributed by atoms with Crippen LogP contribution >= 0.6 is 11.3 Å². The molecule has 86 valence electrons. The molecule has 0 saturated carbocycles. The molecule has 0 aliphatic heterocycles. The number of nitrogens with two attached hydrogens (primary N) is 1. The lowest BCUT2D eigenvalue weighted by Crippen LogP contribution is -2.14. The van der Waals surface area contributed by atoms with E-state index in [2.05, 4.69) is 4.98 Å². The minimum atomic E-state index is -3.74. The van der Waals surface area contributed by atoms with E-state index < -0.39 is 15.6 Å². The van der Waals surface area contributed by atoms with Crippen LogP contribution in [-0.2, 0) is 22.0 Å². The molecule has 3 N–H and O–H groups in total. The molecule has 0 atom stereocenters. The van der Waals surface area contributed by atoms with Gasteiger partial charge in [-0.25, -0.2) is 18.5 Å². The standard InChI is InChI=1S/C8H14N2O3S2/c1-4-5-6(15(9,12)13)14-7(10-5)8(2,3)11/h11H,4H2,1-3H3,(H2,9,12,13). The average Bonchev–Trinajstić information content (AvgIpc) is 2.44. The van der Waals surface area contributed by atoms with Gasteiger partial charge in [0.2, 0.25) is 10.0 Å². The number of aryl methyl sites for hydroxylation is 1. The Kier molecular flexibility index (Phi) is 3.20. The summed E-state index contributed by atoms with van der Waals surface area (Å²) >= 11 is 0.924. The molecular weight excluding hydrogens is 236 g/mol. The Hall–Kier alpha value is -0.500. The Morgan fingerprint density at radius 3 is 2.33 bits per heavy atom. The van der Waals surface area contributed by atoms with Crippen molar-refractivity contribution in [1.82, 2.24) is 4.98 Å². The highest BCUT2D eigenvalue weighted by molar-refractivity contribution is 7.91. The van der Waals surface area contributed by atoms with E-state index in [9.17, 15) is 13.5 Å². The van der Waals surface area contributed by atoms with E-state index in [1.54, 1.807) is 20.8 Å². The van der Waals surface area contributed by atoms with Gasteiger partial charge in [-0.3, -0.25) is 0 Å². The van der Waals surface area contributed by atoms with Gasteiger partial charge in [0.15, 0.2) is 4.21 Å². The Labute approximate surface area is 93.0 Å². The number of primary sulfonamides is 1. The van der Waals surface area contributed by atoms with Crippen LogP contribution in [0.25, 0.3) is 0 Å². The third kappa shape index (κ3) is 2.75. The van der Waals surface area contributed by atoms with E-state index in [1.807, 2.05) is 0 Å². The minimum Gasteiger partial charge on any atom is -0.383 e. The molecule has 0 bridgehead atoms. The van der Waals surface area contributed by atoms with Crippen LogP contribution in [0.1, 0.15) is 31.5 Å². The fraction of sp³-hybridized carbons (Fsp3) is 0.625. The summed E-state index contributed by atoms with van der Waals surface area (Å²) in [7, 11) is -3.74. The Bertz CT molecular complexity index is 457. The van der Waals surface area contributed by atoms with Crippen molar-refractivity contribution < 1.29 is 13.5 Å². The molecule has 0 saturated heterocycles. The first-order chi connectivity index (χ1) is 6.66. The molecule has 1 aromatic heterocycles. The largest absolute Gasteiger partial charge is 0.383 e. The van der Waals surface area contributed by atoms with Crippen molar-refractivity contribution >= 4 is 21.4 Å². The Morgan fingerprint density at radius 2 is 2.07 bits per heavy atom. The maximum absolute atomic E-state index is 11.2. The van der Waals surface area contributed by atoms with Crippen LogP contribution in [0.5, 0.6) is 0 Å². The molecule has 0 aliphatic rings. The van der Waals surface area contributed by atoms with Gasteiger partial charge in [-0.1, -0.05) is 6.92 Å². The van der Waals surface area contributed by atoms with Gasteiger partial charge in [0, 0.05) is 0 Å². The molecule has 7 heteroatoms. The fourth-order valence-electron chi connectivity index (χ4n) is 1.05. The highest BCUT2D eigenvalue weighted by Gasteiger charge is 2.26. The monoisotopic (exact) mass is 250 g/mol. The number of hydrogen-bond donors (Lipinski definition) is 2. The van der Waals surface area contributed by atoms with Crippen LogP contribution < -0.4 is 5.14 Å². The lowest BCUT2D eigenvalue weighted by Gasteiger charge is -2.12. The molecule has 0 amide bonds. The number of aliphatic hydroxyl groups is 1. The third-order valence-corrected chi connectivity index (χ3v) is 4.68. The molecule has 5 nitrogen and oxygen atoms in total. The van der Waals surface area contributed by atoms with Crippen molar-refractivity contribution in [2.45, 2.75) is 37.0 Å². The summed E-state index contributed by atoms with van der Waals surface area (Å²) in [6, 6.07) is 0. The summed E-state index contributed by atoms with van der Waals surface area (Å²) in [5, 5.41) is 15.1. The molecule has 0 unspecified atom stereocenters. The summed E-state index contributed by atoms with van der Waals surface area (Å²) in [4.78, 5) is 4.08. The van der Waals surface area contributed by atoms with Crippen LogP contribution in [-0.4, -0.2) is 18.5 Å². The van der Waals surface area contributed by atoms with E-state index in [0.29, 0.717) is 17.1 Å². The average molecular weight is 250 g/mol. The molecular formula is C8H14N2O3S2. The molecule has 1 heterocycles. The van der Waals surface area contributed by atoms with Crippen molar-refractivity contribution in [1.29, 1.82) is 0 Å². The lowest BCUT2D eigenvalue weighted by molar-refractivity contribution is 0.0781. The summed E-state index contributed by atoms with van der Waals surface area (Å²) < 4.78 is 22.5. The first-order valence-electron chi connectivity index (χ1n) is 4.41. The highest BCUT2D eigenvalue weighted by Crippen LogP contribution is 2.30. The van der Waals surface area contributed by atoms with Gasteiger partial charge in [-0.2, -0.15) is 0 Å². The molecule has 0 radical (unpaired) electrons. The zero-order valence-corrected chi connectivity index (χ0v) is 10.4. The van der Waals surface area contributed by atoms with Crippen molar-refractivity contribution in [3.05, 3.63) is 10.7 Å². The zero-order chi connectivity index (χ0) is 11.9. The van der Waals surface area contributed by atoms with Crippen LogP contribution in [0.4, 0.5) is 0 Å². The molecule has 1 aromatic rings. The predicted molar refractivity (Wildman–Crippen MR) is 58.1 cm³/mol. The van der Waals surface area contributed by atoms with Crippen LogP contribution in [0.2, 0.25) is 0 Å². The summed E-state index contributed by atoms with van der Waals surface area (Å²) in [5.74, 6) is 0. The maximum atomic E-state index is 11.2. The second-order valence-electron chi connectivity index (χ2n) is 3.71. The fourth-order valence-corrected chi connectivity index (χ4v) is 3.15. The highest BCUT2D eigenvalue weighted by atomic mass is 32.2. The van der Waals surface area contributed by atoms with Crippen molar-refractivity contribution in [2.24, 2.45) is 5.14 Å². The summed E-state index contributed by atoms with van der Waals surface area (Å²) in [5.41, 5.74) is -0.725. The zero-order valence-electron chi connectivity index (χ0n) is 8.81. The van der Waals surface area contributed by atoms with Crippen molar-refractivity contribution in [3.8, 4) is 0 Å². The van der Waals surface area contributed by atoms with E-state index in [1.165, 1.54) is 0 Å². The summed E-state index contributed by atoms with van der Waals surface area (Å²) in [6.45, 7) is 4.90. The van der Waals surface area contributed by atoms with Gasteiger partial charge in [0.25, 0.3) is 0 Å². The predicted octanol–water partition coefficient (Wildman–Crippen LogP) is 0.580. The molecule has 0 fully saturated rings. The molecule has 0 aliphatic carbocycles. The number of hydrogen-bond acceptors (Lipinski definition) is 5. The normalized spacial score (nSPS) is 13.1. The molecule has 1 rings (SSSR count). The van der Waals surface area contributed by atoms with Gasteiger partial charge in [0.05, 0.1) is 5.69 Å². The van der Waals surface area contributed by atoms with E-state index in [0.717, 1.165) is 11.3 Å². The molecule has 0 aromatic carbocycles. The van der Waals surface area contributed by atoms with Gasteiger partial charge in [-0.15, -0.1) is 11.3 Å². The first-order valence-corrected chi connectivity index (χ1v) is 6.78. The van der Waals surface area contributed by atoms with Crippen molar-refractivity contribution in [3.63, 3.8) is 0 Å². The SMILES string of the molecule is CCc1nc(C(C)(C)O)sc1S(N)(=O)=O. The Morgan fingerprint density at radius 1 is 1.53 bits per heavy atom. The van der Waals surface area contributed by atoms with Gasteiger partial charge < -0.3 is 5.11 Å². The quantitative estimate of drug-likeness (QED) is 0.820. The molecule has 15 heavy (non-hydrogen) atoms. The van der Waals surface area contributed by atoms with Gasteiger partial charge in [0.1, 0.15) is 10.6 Å².